The van der Waals surface area contributed by atoms with E-state index in [4.69, 9.17) is 10.7 Å². The van der Waals surface area contributed by atoms with Gasteiger partial charge < -0.3 is 20.4 Å². The van der Waals surface area contributed by atoms with Crippen molar-refractivity contribution in [1.29, 1.82) is 0 Å². The molecular weight excluding hydrogens is 560 g/mol. The molecule has 0 aliphatic carbocycles. The first-order chi connectivity index (χ1) is 19.7. The largest absolute Gasteiger partial charge is 0.380 e. The number of rotatable bonds is 9. The highest BCUT2D eigenvalue weighted by Crippen LogP contribution is 2.36. The quantitative estimate of drug-likeness (QED) is 0.131. The molecule has 41 heavy (non-hydrogen) atoms. The monoisotopic (exact) mass is 592 g/mol. The summed E-state index contributed by atoms with van der Waals surface area (Å²) in [5.41, 5.74) is 9.32. The molecule has 1 aliphatic heterocycles. The molecule has 5 rings (SSSR count). The van der Waals surface area contributed by atoms with Gasteiger partial charge in [0, 0.05) is 38.7 Å². The van der Waals surface area contributed by atoms with Crippen LogP contribution in [0.15, 0.2) is 82.8 Å². The number of carbonyl (C=O) groups is 1. The molecule has 1 unspecified atom stereocenters. The fraction of sp³-hybridized carbons (Fsp3) is 0.276. The van der Waals surface area contributed by atoms with Crippen molar-refractivity contribution in [3.8, 4) is 0 Å². The number of piperazine rings is 1. The van der Waals surface area contributed by atoms with Crippen molar-refractivity contribution < 1.29 is 18.0 Å². The van der Waals surface area contributed by atoms with E-state index in [9.17, 15) is 13.2 Å². The zero-order chi connectivity index (χ0) is 29.0. The average Bonchev–Trinajstić information content (AvgIpc) is 3.41. The lowest BCUT2D eigenvalue weighted by molar-refractivity contribution is -0.140. The third-order valence-corrected chi connectivity index (χ3v) is 9.53. The van der Waals surface area contributed by atoms with Gasteiger partial charge in [0.05, 0.1) is 26.8 Å². The smallest absolute Gasteiger partial charge is 0.332 e. The van der Waals surface area contributed by atoms with Crippen LogP contribution in [-0.2, 0) is 26.1 Å². The molecule has 1 aromatic heterocycles. The molecule has 1 aliphatic rings. The van der Waals surface area contributed by atoms with Gasteiger partial charge in [0.1, 0.15) is 5.01 Å². The minimum atomic E-state index is -3.85. The Morgan fingerprint density at radius 1 is 1.07 bits per heavy atom. The van der Waals surface area contributed by atoms with Crippen LogP contribution in [0, 0.1) is 0 Å². The Hall–Kier alpha value is -3.84. The molecule has 0 saturated carbocycles. The number of thiazole rings is 1. The van der Waals surface area contributed by atoms with E-state index < -0.39 is 22.0 Å². The highest BCUT2D eigenvalue weighted by Gasteiger charge is 2.26. The molecule has 12 heteroatoms. The predicted octanol–water partition coefficient (Wildman–Crippen LogP) is 3.49. The topological polar surface area (TPSA) is 130 Å². The minimum Gasteiger partial charge on any atom is -0.380 e. The van der Waals surface area contributed by atoms with E-state index in [1.165, 1.54) is 18.3 Å². The second kappa shape index (κ2) is 12.4. The van der Waals surface area contributed by atoms with Crippen LogP contribution in [0.3, 0.4) is 0 Å². The van der Waals surface area contributed by atoms with Crippen LogP contribution in [0.1, 0.15) is 29.1 Å². The number of benzene rings is 3. The van der Waals surface area contributed by atoms with Crippen LogP contribution in [0.5, 0.6) is 0 Å². The van der Waals surface area contributed by atoms with E-state index in [-0.39, 0.29) is 10.7 Å². The summed E-state index contributed by atoms with van der Waals surface area (Å²) in [6.45, 7) is 5.01. The van der Waals surface area contributed by atoms with E-state index in [2.05, 4.69) is 37.6 Å². The van der Waals surface area contributed by atoms with Crippen LogP contribution >= 0.6 is 11.3 Å². The number of nitrogens with one attached hydrogen (secondary N) is 1. The SMILES string of the molecule is CC(=O)ON=C(N)c1cccc(CC(NS(=O)(=O)c2ccccc2)c2nc3cccc(N4CCN(C)CC4)c3s2)c1. The molecule has 10 nitrogen and oxygen atoms in total. The van der Waals surface area contributed by atoms with Crippen LogP contribution in [0.25, 0.3) is 10.2 Å². The van der Waals surface area contributed by atoms with Crippen molar-refractivity contribution in [2.45, 2.75) is 24.3 Å². The Morgan fingerprint density at radius 3 is 2.54 bits per heavy atom. The maximum Gasteiger partial charge on any atom is 0.332 e. The lowest BCUT2D eigenvalue weighted by atomic mass is 10.0. The Labute approximate surface area is 243 Å². The molecule has 3 N–H and O–H groups in total. The van der Waals surface area contributed by atoms with Crippen molar-refractivity contribution in [1.82, 2.24) is 14.6 Å². The summed E-state index contributed by atoms with van der Waals surface area (Å²) in [5.74, 6) is -0.536. The molecule has 1 fully saturated rings. The summed E-state index contributed by atoms with van der Waals surface area (Å²) in [4.78, 5) is 25.6. The van der Waals surface area contributed by atoms with Crippen LogP contribution in [0.2, 0.25) is 0 Å². The number of nitrogens with two attached hydrogens (primary N) is 1. The predicted molar refractivity (Wildman–Crippen MR) is 161 cm³/mol. The molecule has 0 bridgehead atoms. The van der Waals surface area contributed by atoms with E-state index in [1.807, 2.05) is 18.2 Å². The number of fused-ring (bicyclic) bond motifs is 1. The summed E-state index contributed by atoms with van der Waals surface area (Å²) in [7, 11) is -1.73. The van der Waals surface area contributed by atoms with Crippen molar-refractivity contribution in [2.75, 3.05) is 38.1 Å². The number of carbonyl (C=O) groups excluding carboxylic acids is 1. The molecule has 0 radical (unpaired) electrons. The molecule has 0 amide bonds. The molecule has 3 aromatic carbocycles. The fourth-order valence-corrected chi connectivity index (χ4v) is 7.14. The highest BCUT2D eigenvalue weighted by molar-refractivity contribution is 7.89. The fourth-order valence-electron chi connectivity index (χ4n) is 4.69. The lowest BCUT2D eigenvalue weighted by Crippen LogP contribution is -2.44. The summed E-state index contributed by atoms with van der Waals surface area (Å²) in [6, 6.07) is 20.9. The lowest BCUT2D eigenvalue weighted by Gasteiger charge is -2.34. The summed E-state index contributed by atoms with van der Waals surface area (Å²) < 4.78 is 30.8. The molecule has 1 atom stereocenters. The summed E-state index contributed by atoms with van der Waals surface area (Å²) >= 11 is 1.50. The Morgan fingerprint density at radius 2 is 1.80 bits per heavy atom. The van der Waals surface area contributed by atoms with Gasteiger partial charge >= 0.3 is 5.97 Å². The highest BCUT2D eigenvalue weighted by atomic mass is 32.2. The molecule has 1 saturated heterocycles. The maximum atomic E-state index is 13.5. The number of amidine groups is 1. The first-order valence-electron chi connectivity index (χ1n) is 13.2. The number of nitrogens with zero attached hydrogens (tertiary/aromatic N) is 4. The van der Waals surface area contributed by atoms with Gasteiger partial charge in [-0.15, -0.1) is 11.3 Å². The first-order valence-corrected chi connectivity index (χ1v) is 15.5. The number of sulfonamides is 1. The van der Waals surface area contributed by atoms with Gasteiger partial charge in [0.15, 0.2) is 5.84 Å². The Bertz CT molecular complexity index is 1670. The zero-order valence-electron chi connectivity index (χ0n) is 22.9. The van der Waals surface area contributed by atoms with Gasteiger partial charge in [-0.1, -0.05) is 47.6 Å². The third-order valence-electron chi connectivity index (χ3n) is 6.84. The van der Waals surface area contributed by atoms with Crippen molar-refractivity contribution in [2.24, 2.45) is 10.9 Å². The summed E-state index contributed by atoms with van der Waals surface area (Å²) in [5, 5.41) is 4.33. The van der Waals surface area contributed by atoms with E-state index >= 15 is 0 Å². The van der Waals surface area contributed by atoms with Crippen molar-refractivity contribution in [3.63, 3.8) is 0 Å². The normalized spacial score (nSPS) is 15.7. The third kappa shape index (κ3) is 6.91. The van der Waals surface area contributed by atoms with Crippen molar-refractivity contribution in [3.05, 3.63) is 88.9 Å². The van der Waals surface area contributed by atoms with Gasteiger partial charge in [-0.3, -0.25) is 0 Å². The molecule has 214 valence electrons. The molecule has 2 heterocycles. The number of hydrogen-bond acceptors (Lipinski definition) is 9. The maximum absolute atomic E-state index is 13.5. The Balaban J connectivity index is 1.51. The first kappa shape index (κ1) is 28.7. The standard InChI is InChI=1S/C29H32N6O4S2/c1-20(36)39-32-28(30)22-9-6-8-21(18-22)19-25(33-41(37,38)23-10-4-3-5-11-23)29-31-24-12-7-13-26(27(24)40-29)35-16-14-34(2)15-17-35/h3-13,18,25,33H,14-17,19H2,1-2H3,(H2,30,32). The number of hydrogen-bond donors (Lipinski definition) is 2. The van der Waals surface area contributed by atoms with Gasteiger partial charge in [0.2, 0.25) is 10.0 Å². The Kier molecular flexibility index (Phi) is 8.64. The minimum absolute atomic E-state index is 0.0419. The molecule has 4 aromatic rings. The number of anilines is 1. The van der Waals surface area contributed by atoms with Gasteiger partial charge in [-0.2, -0.15) is 0 Å². The van der Waals surface area contributed by atoms with Crippen LogP contribution < -0.4 is 15.4 Å². The van der Waals surface area contributed by atoms with E-state index in [1.54, 1.807) is 48.5 Å². The van der Waals surface area contributed by atoms with Crippen LogP contribution in [0.4, 0.5) is 5.69 Å². The number of likely N-dealkylation sites (N-methyl/N-ethyl adjacent to an activating group) is 1. The van der Waals surface area contributed by atoms with Gasteiger partial charge in [-0.25, -0.2) is 22.9 Å². The number of oxime groups is 1. The van der Waals surface area contributed by atoms with Gasteiger partial charge in [0.25, 0.3) is 0 Å². The van der Waals surface area contributed by atoms with Crippen molar-refractivity contribution >= 4 is 49.1 Å². The average molecular weight is 593 g/mol. The van der Waals surface area contributed by atoms with E-state index in [0.29, 0.717) is 17.0 Å². The molecule has 0 spiro atoms. The summed E-state index contributed by atoms with van der Waals surface area (Å²) in [6.07, 6.45) is 0.310. The second-order valence-electron chi connectivity index (χ2n) is 9.92. The van der Waals surface area contributed by atoms with Crippen LogP contribution in [-0.4, -0.2) is 63.3 Å². The molecular formula is C29H32N6O4S2. The van der Waals surface area contributed by atoms with Gasteiger partial charge in [-0.05, 0) is 49.4 Å². The van der Waals surface area contributed by atoms with E-state index in [0.717, 1.165) is 47.6 Å². The number of aromatic nitrogens is 1. The zero-order valence-corrected chi connectivity index (χ0v) is 24.5. The second-order valence-corrected chi connectivity index (χ2v) is 12.7.